The van der Waals surface area contributed by atoms with Crippen molar-refractivity contribution >= 4 is 35.8 Å². The molecule has 0 spiro atoms. The van der Waals surface area contributed by atoms with E-state index in [1.807, 2.05) is 0 Å². The summed E-state index contributed by atoms with van der Waals surface area (Å²) in [6.45, 7) is 6.46. The molecule has 0 unspecified atom stereocenters. The van der Waals surface area contributed by atoms with Crippen LogP contribution in [0.15, 0.2) is 29.3 Å². The Bertz CT molecular complexity index is 558. The van der Waals surface area contributed by atoms with Crippen LogP contribution in [0.4, 0.5) is 0 Å². The molecule has 1 fully saturated rings. The van der Waals surface area contributed by atoms with Crippen LogP contribution in [-0.4, -0.2) is 31.0 Å². The van der Waals surface area contributed by atoms with E-state index in [-0.39, 0.29) is 29.9 Å². The summed E-state index contributed by atoms with van der Waals surface area (Å²) < 4.78 is 0. The predicted molar refractivity (Wildman–Crippen MR) is 114 cm³/mol. The van der Waals surface area contributed by atoms with Crippen molar-refractivity contribution in [3.63, 3.8) is 0 Å². The predicted octanol–water partition coefficient (Wildman–Crippen LogP) is 2.98. The Morgan fingerprint density at radius 2 is 1.88 bits per heavy atom. The highest BCUT2D eigenvalue weighted by Gasteiger charge is 2.22. The Morgan fingerprint density at radius 1 is 1.16 bits per heavy atom. The van der Waals surface area contributed by atoms with Crippen LogP contribution in [0, 0.1) is 0 Å². The van der Waals surface area contributed by atoms with E-state index in [9.17, 15) is 4.79 Å². The van der Waals surface area contributed by atoms with Crippen LogP contribution < -0.4 is 16.0 Å². The Morgan fingerprint density at radius 3 is 2.52 bits per heavy atom. The molecule has 0 aromatic heterocycles. The first kappa shape index (κ1) is 21.7. The molecule has 1 saturated carbocycles. The molecule has 0 atom stereocenters. The number of aliphatic imine (C=N–C) groups is 1. The lowest BCUT2D eigenvalue weighted by Gasteiger charge is -2.12. The summed E-state index contributed by atoms with van der Waals surface area (Å²) in [5.74, 6) is 0.976. The average molecular weight is 458 g/mol. The zero-order valence-corrected chi connectivity index (χ0v) is 17.6. The number of carbonyl (C=O) groups excluding carboxylic acids is 1. The van der Waals surface area contributed by atoms with Gasteiger partial charge in [-0.15, -0.1) is 24.0 Å². The van der Waals surface area contributed by atoms with Gasteiger partial charge in [-0.1, -0.05) is 31.2 Å². The molecule has 0 aliphatic heterocycles. The van der Waals surface area contributed by atoms with E-state index in [2.05, 4.69) is 59.1 Å². The molecule has 25 heavy (non-hydrogen) atoms. The van der Waals surface area contributed by atoms with Gasteiger partial charge < -0.3 is 16.0 Å². The largest absolute Gasteiger partial charge is 0.357 e. The van der Waals surface area contributed by atoms with Gasteiger partial charge >= 0.3 is 0 Å². The second kappa shape index (κ2) is 12.1. The minimum Gasteiger partial charge on any atom is -0.357 e. The van der Waals surface area contributed by atoms with E-state index in [1.165, 1.54) is 11.1 Å². The first-order valence-corrected chi connectivity index (χ1v) is 9.11. The maximum atomic E-state index is 11.7. The number of amides is 1. The van der Waals surface area contributed by atoms with Gasteiger partial charge in [-0.3, -0.25) is 4.79 Å². The molecule has 0 bridgehead atoms. The maximum Gasteiger partial charge on any atom is 0.220 e. The highest BCUT2D eigenvalue weighted by atomic mass is 127. The molecule has 5 nitrogen and oxygen atoms in total. The number of nitrogens with one attached hydrogen (secondary N) is 3. The summed E-state index contributed by atoms with van der Waals surface area (Å²) >= 11 is 0. The number of guanidine groups is 1. The Labute approximate surface area is 168 Å². The third-order valence-corrected chi connectivity index (χ3v) is 4.07. The summed E-state index contributed by atoms with van der Waals surface area (Å²) in [5.41, 5.74) is 2.61. The Hall–Kier alpha value is -1.31. The summed E-state index contributed by atoms with van der Waals surface area (Å²) in [4.78, 5) is 16.3. The maximum absolute atomic E-state index is 11.7. The highest BCUT2D eigenvalue weighted by molar-refractivity contribution is 14.0. The van der Waals surface area contributed by atoms with Crippen LogP contribution in [0.5, 0.6) is 0 Å². The highest BCUT2D eigenvalue weighted by Crippen LogP contribution is 2.18. The smallest absolute Gasteiger partial charge is 0.220 e. The fourth-order valence-electron chi connectivity index (χ4n) is 2.55. The van der Waals surface area contributed by atoms with Crippen LogP contribution in [0.3, 0.4) is 0 Å². The number of hydrogen-bond acceptors (Lipinski definition) is 2. The van der Waals surface area contributed by atoms with Crippen molar-refractivity contribution in [2.45, 2.75) is 58.5 Å². The molecular formula is C19H31IN4O. The van der Waals surface area contributed by atoms with Gasteiger partial charge in [0.15, 0.2) is 5.96 Å². The van der Waals surface area contributed by atoms with Gasteiger partial charge in [0.05, 0.1) is 6.54 Å². The summed E-state index contributed by atoms with van der Waals surface area (Å²) in [6.07, 6.45) is 4.68. The second-order valence-corrected chi connectivity index (χ2v) is 6.19. The lowest BCUT2D eigenvalue weighted by atomic mass is 10.1. The average Bonchev–Trinajstić information content (AvgIpc) is 3.40. The topological polar surface area (TPSA) is 65.5 Å². The zero-order chi connectivity index (χ0) is 17.2. The van der Waals surface area contributed by atoms with Crippen molar-refractivity contribution in [3.8, 4) is 0 Å². The van der Waals surface area contributed by atoms with Crippen molar-refractivity contribution in [2.75, 3.05) is 13.1 Å². The number of halogens is 1. The molecule has 140 valence electrons. The molecule has 3 N–H and O–H groups in total. The number of aryl methyl sites for hydroxylation is 1. The molecule has 1 aromatic carbocycles. The monoisotopic (exact) mass is 458 g/mol. The molecule has 0 heterocycles. The van der Waals surface area contributed by atoms with Gasteiger partial charge in [-0.2, -0.15) is 0 Å². The lowest BCUT2D eigenvalue weighted by Crippen LogP contribution is -2.38. The molecular weight excluding hydrogens is 427 g/mol. The first-order valence-electron chi connectivity index (χ1n) is 9.11. The van der Waals surface area contributed by atoms with Gasteiger partial charge in [0.2, 0.25) is 5.91 Å². The Kier molecular flexibility index (Phi) is 10.5. The van der Waals surface area contributed by atoms with Gasteiger partial charge in [0.1, 0.15) is 0 Å². The van der Waals surface area contributed by atoms with Crippen LogP contribution >= 0.6 is 24.0 Å². The summed E-state index contributed by atoms with van der Waals surface area (Å²) in [6, 6.07) is 8.87. The molecule has 6 heteroatoms. The number of carbonyl (C=O) groups is 1. The summed E-state index contributed by atoms with van der Waals surface area (Å²) in [5, 5.41) is 9.58. The third kappa shape index (κ3) is 8.56. The molecule has 1 amide bonds. The lowest BCUT2D eigenvalue weighted by molar-refractivity contribution is -0.121. The van der Waals surface area contributed by atoms with Crippen molar-refractivity contribution in [2.24, 2.45) is 4.99 Å². The third-order valence-electron chi connectivity index (χ3n) is 4.07. The van der Waals surface area contributed by atoms with Crippen LogP contribution in [0.2, 0.25) is 0 Å². The molecule has 2 rings (SSSR count). The van der Waals surface area contributed by atoms with E-state index >= 15 is 0 Å². The van der Waals surface area contributed by atoms with Crippen LogP contribution in [0.1, 0.15) is 50.7 Å². The van der Waals surface area contributed by atoms with E-state index in [0.29, 0.717) is 19.0 Å². The summed E-state index contributed by atoms with van der Waals surface area (Å²) in [7, 11) is 0. The zero-order valence-electron chi connectivity index (χ0n) is 15.3. The Balaban J connectivity index is 0.00000312. The number of benzene rings is 1. The van der Waals surface area contributed by atoms with E-state index in [1.54, 1.807) is 0 Å². The van der Waals surface area contributed by atoms with E-state index in [0.717, 1.165) is 44.7 Å². The van der Waals surface area contributed by atoms with Crippen molar-refractivity contribution in [1.29, 1.82) is 0 Å². The standard InChI is InChI=1S/C19H30N4O.HI/c1-3-15-8-5-6-9-16(15)14-22-19(20-4-2)21-13-7-10-18(24)23-17-11-12-17;/h5-6,8-9,17H,3-4,7,10-14H2,1-2H3,(H,23,24)(H2,20,21,22);1H. The van der Waals surface area contributed by atoms with E-state index < -0.39 is 0 Å². The molecule has 1 aliphatic carbocycles. The molecule has 0 saturated heterocycles. The number of nitrogens with zero attached hydrogens (tertiary/aromatic N) is 1. The van der Waals surface area contributed by atoms with Crippen molar-refractivity contribution in [3.05, 3.63) is 35.4 Å². The first-order chi connectivity index (χ1) is 11.7. The van der Waals surface area contributed by atoms with Crippen molar-refractivity contribution in [1.82, 2.24) is 16.0 Å². The van der Waals surface area contributed by atoms with Gasteiger partial charge in [0, 0.05) is 25.6 Å². The molecule has 0 radical (unpaired) electrons. The quantitative estimate of drug-likeness (QED) is 0.231. The van der Waals surface area contributed by atoms with Gasteiger partial charge in [-0.25, -0.2) is 4.99 Å². The van der Waals surface area contributed by atoms with Crippen LogP contribution in [-0.2, 0) is 17.8 Å². The normalized spacial score (nSPS) is 13.8. The van der Waals surface area contributed by atoms with Gasteiger partial charge in [-0.05, 0) is 43.7 Å². The fourth-order valence-corrected chi connectivity index (χ4v) is 2.55. The van der Waals surface area contributed by atoms with Gasteiger partial charge in [0.25, 0.3) is 0 Å². The van der Waals surface area contributed by atoms with E-state index in [4.69, 9.17) is 0 Å². The second-order valence-electron chi connectivity index (χ2n) is 6.19. The molecule has 1 aromatic rings. The number of rotatable bonds is 9. The minimum atomic E-state index is 0. The SMILES string of the molecule is CCNC(=NCc1ccccc1CC)NCCCC(=O)NC1CC1.I. The number of hydrogen-bond donors (Lipinski definition) is 3. The molecule has 1 aliphatic rings. The minimum absolute atomic E-state index is 0. The fraction of sp³-hybridized carbons (Fsp3) is 0.579. The van der Waals surface area contributed by atoms with Crippen LogP contribution in [0.25, 0.3) is 0 Å². The van der Waals surface area contributed by atoms with Crippen molar-refractivity contribution < 1.29 is 4.79 Å².